The number of methoxy groups -OCH3 is 1. The summed E-state index contributed by atoms with van der Waals surface area (Å²) >= 11 is 0. The second kappa shape index (κ2) is 9.11. The maximum Gasteiger partial charge on any atom is 0.236 e. The van der Waals surface area contributed by atoms with Crippen molar-refractivity contribution in [3.8, 4) is 0 Å². The third-order valence-corrected chi connectivity index (χ3v) is 4.55. The summed E-state index contributed by atoms with van der Waals surface area (Å²) in [6, 6.07) is 6.71. The van der Waals surface area contributed by atoms with Crippen LogP contribution in [0.25, 0.3) is 0 Å². The molecule has 24 heavy (non-hydrogen) atoms. The van der Waals surface area contributed by atoms with Gasteiger partial charge in [-0.2, -0.15) is 0 Å². The average Bonchev–Trinajstić information content (AvgIpc) is 2.56. The van der Waals surface area contributed by atoms with Gasteiger partial charge in [-0.15, -0.1) is 0 Å². The number of hydrogen-bond donors (Lipinski definition) is 0. The standard InChI is InChI=1S/C18H28FN3O2/c1-15-12-21(8-9-22(15)10-11-24-3)14-18(23)20(2)13-16-4-6-17(19)7-5-16/h4-7,15H,8-14H2,1-3H3/t15-/m0/s1. The summed E-state index contributed by atoms with van der Waals surface area (Å²) in [5.74, 6) is -0.162. The average molecular weight is 337 g/mol. The van der Waals surface area contributed by atoms with Crippen molar-refractivity contribution in [2.45, 2.75) is 19.5 Å². The second-order valence-corrected chi connectivity index (χ2v) is 6.49. The maximum absolute atomic E-state index is 12.9. The summed E-state index contributed by atoms with van der Waals surface area (Å²) in [5.41, 5.74) is 0.935. The Kier molecular flexibility index (Phi) is 7.15. The van der Waals surface area contributed by atoms with Gasteiger partial charge in [0, 0.05) is 52.9 Å². The summed E-state index contributed by atoms with van der Waals surface area (Å²) in [5, 5.41) is 0. The molecule has 1 amide bonds. The van der Waals surface area contributed by atoms with Gasteiger partial charge in [-0.1, -0.05) is 12.1 Å². The topological polar surface area (TPSA) is 36.0 Å². The van der Waals surface area contributed by atoms with Crippen molar-refractivity contribution in [3.05, 3.63) is 35.6 Å². The molecule has 0 saturated carbocycles. The fourth-order valence-electron chi connectivity index (χ4n) is 3.02. The number of amides is 1. The summed E-state index contributed by atoms with van der Waals surface area (Å²) in [6.07, 6.45) is 0. The SMILES string of the molecule is COCCN1CCN(CC(=O)N(C)Cc2ccc(F)cc2)C[C@@H]1C. The Morgan fingerprint density at radius 3 is 2.67 bits per heavy atom. The molecule has 0 radical (unpaired) electrons. The number of ether oxygens (including phenoxy) is 1. The van der Waals surface area contributed by atoms with Crippen molar-refractivity contribution < 1.29 is 13.9 Å². The molecular formula is C18H28FN3O2. The number of rotatable bonds is 7. The van der Waals surface area contributed by atoms with Gasteiger partial charge >= 0.3 is 0 Å². The predicted molar refractivity (Wildman–Crippen MR) is 92.2 cm³/mol. The minimum Gasteiger partial charge on any atom is -0.383 e. The number of hydrogen-bond acceptors (Lipinski definition) is 4. The molecule has 0 aliphatic carbocycles. The van der Waals surface area contributed by atoms with Crippen molar-refractivity contribution in [1.82, 2.24) is 14.7 Å². The molecule has 1 aromatic rings. The zero-order chi connectivity index (χ0) is 17.5. The van der Waals surface area contributed by atoms with Crippen LogP contribution in [0.1, 0.15) is 12.5 Å². The molecule has 0 N–H and O–H groups in total. The number of likely N-dealkylation sites (N-methyl/N-ethyl adjacent to an activating group) is 1. The number of carbonyl (C=O) groups is 1. The zero-order valence-corrected chi connectivity index (χ0v) is 14.9. The lowest BCUT2D eigenvalue weighted by molar-refractivity contribution is -0.132. The van der Waals surface area contributed by atoms with E-state index in [1.807, 2.05) is 0 Å². The van der Waals surface area contributed by atoms with Crippen molar-refractivity contribution in [2.75, 3.05) is 53.5 Å². The van der Waals surface area contributed by atoms with Gasteiger partial charge in [0.2, 0.25) is 5.91 Å². The summed E-state index contributed by atoms with van der Waals surface area (Å²) < 4.78 is 18.1. The molecule has 1 aromatic carbocycles. The van der Waals surface area contributed by atoms with E-state index in [9.17, 15) is 9.18 Å². The lowest BCUT2D eigenvalue weighted by Gasteiger charge is -2.39. The number of nitrogens with zero attached hydrogens (tertiary/aromatic N) is 3. The number of carbonyl (C=O) groups excluding carboxylic acids is 1. The van der Waals surface area contributed by atoms with E-state index in [0.717, 1.165) is 38.3 Å². The molecular weight excluding hydrogens is 309 g/mol. The lowest BCUT2D eigenvalue weighted by atomic mass is 10.2. The monoisotopic (exact) mass is 337 g/mol. The van der Waals surface area contributed by atoms with E-state index in [4.69, 9.17) is 4.74 Å². The largest absolute Gasteiger partial charge is 0.383 e. The van der Waals surface area contributed by atoms with Crippen molar-refractivity contribution in [1.29, 1.82) is 0 Å². The highest BCUT2D eigenvalue weighted by Gasteiger charge is 2.25. The molecule has 0 bridgehead atoms. The Hall–Kier alpha value is -1.50. The van der Waals surface area contributed by atoms with Crippen LogP contribution in [0, 0.1) is 5.82 Å². The molecule has 0 aromatic heterocycles. The van der Waals surface area contributed by atoms with Gasteiger partial charge in [0.05, 0.1) is 13.2 Å². The highest BCUT2D eigenvalue weighted by molar-refractivity contribution is 5.78. The van der Waals surface area contributed by atoms with Gasteiger partial charge in [0.25, 0.3) is 0 Å². The van der Waals surface area contributed by atoms with Gasteiger partial charge in [-0.25, -0.2) is 4.39 Å². The maximum atomic E-state index is 12.9. The molecule has 1 heterocycles. The molecule has 0 spiro atoms. The van der Waals surface area contributed by atoms with E-state index in [2.05, 4.69) is 16.7 Å². The lowest BCUT2D eigenvalue weighted by Crippen LogP contribution is -2.54. The predicted octanol–water partition coefficient (Wildman–Crippen LogP) is 1.44. The van der Waals surface area contributed by atoms with E-state index in [0.29, 0.717) is 19.1 Å². The van der Waals surface area contributed by atoms with Gasteiger partial charge in [-0.05, 0) is 24.6 Å². The van der Waals surface area contributed by atoms with E-state index in [-0.39, 0.29) is 11.7 Å². The number of benzene rings is 1. The Balaban J connectivity index is 1.78. The molecule has 5 nitrogen and oxygen atoms in total. The Bertz CT molecular complexity index is 524. The zero-order valence-electron chi connectivity index (χ0n) is 14.9. The molecule has 2 rings (SSSR count). The molecule has 6 heteroatoms. The fraction of sp³-hybridized carbons (Fsp3) is 0.611. The smallest absolute Gasteiger partial charge is 0.236 e. The van der Waals surface area contributed by atoms with Crippen LogP contribution in [0.4, 0.5) is 4.39 Å². The van der Waals surface area contributed by atoms with Gasteiger partial charge in [0.15, 0.2) is 0 Å². The molecule has 1 fully saturated rings. The van der Waals surface area contributed by atoms with E-state index in [1.165, 1.54) is 12.1 Å². The van der Waals surface area contributed by atoms with E-state index in [1.54, 1.807) is 31.2 Å². The highest BCUT2D eigenvalue weighted by Crippen LogP contribution is 2.10. The van der Waals surface area contributed by atoms with Gasteiger partial charge < -0.3 is 9.64 Å². The van der Waals surface area contributed by atoms with Crippen molar-refractivity contribution in [3.63, 3.8) is 0 Å². The summed E-state index contributed by atoms with van der Waals surface area (Å²) in [7, 11) is 3.51. The van der Waals surface area contributed by atoms with E-state index < -0.39 is 0 Å². The van der Waals surface area contributed by atoms with Crippen LogP contribution in [0.2, 0.25) is 0 Å². The van der Waals surface area contributed by atoms with Gasteiger partial charge in [-0.3, -0.25) is 14.6 Å². The number of piperazine rings is 1. The molecule has 1 aliphatic heterocycles. The fourth-order valence-corrected chi connectivity index (χ4v) is 3.02. The third-order valence-electron chi connectivity index (χ3n) is 4.55. The van der Waals surface area contributed by atoms with Crippen molar-refractivity contribution >= 4 is 5.91 Å². The number of halogens is 1. The Labute approximate surface area is 144 Å². The van der Waals surface area contributed by atoms with Crippen LogP contribution >= 0.6 is 0 Å². The first-order valence-electron chi connectivity index (χ1n) is 8.43. The Morgan fingerprint density at radius 2 is 2.04 bits per heavy atom. The molecule has 134 valence electrons. The normalized spacial score (nSPS) is 19.4. The first-order chi connectivity index (χ1) is 11.5. The van der Waals surface area contributed by atoms with Crippen LogP contribution < -0.4 is 0 Å². The second-order valence-electron chi connectivity index (χ2n) is 6.49. The first kappa shape index (κ1) is 18.8. The first-order valence-corrected chi connectivity index (χ1v) is 8.43. The minimum atomic E-state index is -0.256. The van der Waals surface area contributed by atoms with Gasteiger partial charge in [0.1, 0.15) is 5.82 Å². The molecule has 1 atom stereocenters. The molecule has 0 unspecified atom stereocenters. The van der Waals surface area contributed by atoms with Crippen LogP contribution in [-0.2, 0) is 16.1 Å². The Morgan fingerprint density at radius 1 is 1.33 bits per heavy atom. The van der Waals surface area contributed by atoms with Crippen LogP contribution in [0.15, 0.2) is 24.3 Å². The van der Waals surface area contributed by atoms with Crippen molar-refractivity contribution in [2.24, 2.45) is 0 Å². The third kappa shape index (κ3) is 5.54. The molecule has 1 aliphatic rings. The minimum absolute atomic E-state index is 0.0943. The van der Waals surface area contributed by atoms with Crippen LogP contribution in [0.3, 0.4) is 0 Å². The van der Waals surface area contributed by atoms with E-state index >= 15 is 0 Å². The quantitative estimate of drug-likeness (QED) is 0.754. The highest BCUT2D eigenvalue weighted by atomic mass is 19.1. The van der Waals surface area contributed by atoms with Crippen LogP contribution in [0.5, 0.6) is 0 Å². The molecule has 1 saturated heterocycles. The van der Waals surface area contributed by atoms with Crippen LogP contribution in [-0.4, -0.2) is 80.1 Å². The summed E-state index contributed by atoms with van der Waals surface area (Å²) in [6.45, 7) is 7.54. The summed E-state index contributed by atoms with van der Waals surface area (Å²) in [4.78, 5) is 18.7.